The monoisotopic (exact) mass is 337 g/mol. The topological polar surface area (TPSA) is 64.7 Å². The molecule has 0 aliphatic heterocycles. The van der Waals surface area contributed by atoms with Crippen LogP contribution in [0.3, 0.4) is 0 Å². The molecule has 0 spiro atoms. The first-order chi connectivity index (χ1) is 7.62. The molecule has 5 heteroatoms. The van der Waals surface area contributed by atoms with Gasteiger partial charge in [-0.3, -0.25) is 0 Å². The zero-order valence-corrected chi connectivity index (χ0v) is 11.5. The van der Waals surface area contributed by atoms with Gasteiger partial charge in [0.05, 0.1) is 24.4 Å². The lowest BCUT2D eigenvalue weighted by atomic mass is 10.1. The predicted molar refractivity (Wildman–Crippen MR) is 71.0 cm³/mol. The van der Waals surface area contributed by atoms with E-state index in [1.165, 1.54) is 0 Å². The van der Waals surface area contributed by atoms with Crippen LogP contribution in [0.2, 0.25) is 0 Å². The lowest BCUT2D eigenvalue weighted by Gasteiger charge is -2.13. The van der Waals surface area contributed by atoms with Crippen LogP contribution in [0.1, 0.15) is 5.56 Å². The fraction of sp³-hybridized carbons (Fsp3) is 0.455. The third-order valence-corrected chi connectivity index (χ3v) is 3.03. The number of hydrogen-bond donors (Lipinski definition) is 2. The normalized spacial score (nSPS) is 12.3. The molecular weight excluding hydrogens is 321 g/mol. The minimum absolute atomic E-state index is 0.0229. The van der Waals surface area contributed by atoms with Crippen LogP contribution in [-0.4, -0.2) is 32.0 Å². The van der Waals surface area contributed by atoms with Crippen molar-refractivity contribution in [2.75, 3.05) is 20.8 Å². The summed E-state index contributed by atoms with van der Waals surface area (Å²) in [7, 11) is 3.21. The quantitative estimate of drug-likeness (QED) is 0.792. The molecule has 0 aromatic heterocycles. The number of benzene rings is 1. The maximum absolute atomic E-state index is 8.91. The molecule has 1 aromatic carbocycles. The molecule has 1 atom stereocenters. The third-order valence-electron chi connectivity index (χ3n) is 2.23. The van der Waals surface area contributed by atoms with Crippen LogP contribution in [0.25, 0.3) is 0 Å². The molecule has 4 nitrogen and oxygen atoms in total. The van der Waals surface area contributed by atoms with Gasteiger partial charge in [-0.25, -0.2) is 0 Å². The SMILES string of the molecule is COc1cc(CC(N)CO)cc(I)c1OC. The third kappa shape index (κ3) is 3.23. The molecule has 0 heterocycles. The Morgan fingerprint density at radius 2 is 2.06 bits per heavy atom. The van der Waals surface area contributed by atoms with Crippen LogP contribution in [0, 0.1) is 3.57 Å². The van der Waals surface area contributed by atoms with E-state index in [2.05, 4.69) is 22.6 Å². The van der Waals surface area contributed by atoms with Crippen LogP contribution in [0.15, 0.2) is 12.1 Å². The van der Waals surface area contributed by atoms with E-state index in [0.29, 0.717) is 12.2 Å². The summed E-state index contributed by atoms with van der Waals surface area (Å²) >= 11 is 2.19. The first-order valence-corrected chi connectivity index (χ1v) is 5.97. The van der Waals surface area contributed by atoms with Crippen LogP contribution in [-0.2, 0) is 6.42 Å². The summed E-state index contributed by atoms with van der Waals surface area (Å²) in [5, 5.41) is 8.91. The summed E-state index contributed by atoms with van der Waals surface area (Å²) in [5.41, 5.74) is 6.72. The van der Waals surface area contributed by atoms with Crippen LogP contribution < -0.4 is 15.2 Å². The van der Waals surface area contributed by atoms with Crippen molar-refractivity contribution in [3.05, 3.63) is 21.3 Å². The van der Waals surface area contributed by atoms with E-state index < -0.39 is 0 Å². The van der Waals surface area contributed by atoms with E-state index in [4.69, 9.17) is 20.3 Å². The van der Waals surface area contributed by atoms with E-state index >= 15 is 0 Å². The molecule has 0 saturated heterocycles. The van der Waals surface area contributed by atoms with Crippen molar-refractivity contribution < 1.29 is 14.6 Å². The summed E-state index contributed by atoms with van der Waals surface area (Å²) in [6, 6.07) is 3.63. The number of rotatable bonds is 5. The summed E-state index contributed by atoms with van der Waals surface area (Å²) < 4.78 is 11.5. The van der Waals surface area contributed by atoms with Crippen LogP contribution in [0.4, 0.5) is 0 Å². The Bertz CT molecular complexity index is 357. The van der Waals surface area contributed by atoms with Crippen molar-refractivity contribution in [1.82, 2.24) is 0 Å². The van der Waals surface area contributed by atoms with Gasteiger partial charge in [0.25, 0.3) is 0 Å². The molecule has 1 rings (SSSR count). The zero-order chi connectivity index (χ0) is 12.1. The smallest absolute Gasteiger partial charge is 0.174 e. The molecule has 0 bridgehead atoms. The van der Waals surface area contributed by atoms with Gasteiger partial charge in [-0.2, -0.15) is 0 Å². The van der Waals surface area contributed by atoms with Crippen molar-refractivity contribution in [2.24, 2.45) is 5.73 Å². The van der Waals surface area contributed by atoms with E-state index in [-0.39, 0.29) is 12.6 Å². The molecule has 90 valence electrons. The highest BCUT2D eigenvalue weighted by atomic mass is 127. The largest absolute Gasteiger partial charge is 0.493 e. The van der Waals surface area contributed by atoms with Crippen molar-refractivity contribution in [3.8, 4) is 11.5 Å². The van der Waals surface area contributed by atoms with Gasteiger partial charge in [-0.1, -0.05) is 0 Å². The molecule has 0 radical (unpaired) electrons. The van der Waals surface area contributed by atoms with Gasteiger partial charge in [0.1, 0.15) is 0 Å². The molecule has 0 fully saturated rings. The second-order valence-electron chi connectivity index (χ2n) is 3.46. The van der Waals surface area contributed by atoms with Crippen molar-refractivity contribution >= 4 is 22.6 Å². The maximum Gasteiger partial charge on any atom is 0.174 e. The highest BCUT2D eigenvalue weighted by Gasteiger charge is 2.12. The number of nitrogens with two attached hydrogens (primary N) is 1. The highest BCUT2D eigenvalue weighted by molar-refractivity contribution is 14.1. The first kappa shape index (κ1) is 13.5. The molecule has 1 aromatic rings. The first-order valence-electron chi connectivity index (χ1n) is 4.89. The fourth-order valence-electron chi connectivity index (χ4n) is 1.46. The van der Waals surface area contributed by atoms with Crippen molar-refractivity contribution in [3.63, 3.8) is 0 Å². The number of aliphatic hydroxyl groups is 1. The molecular formula is C11H16INO3. The van der Waals surface area contributed by atoms with Gasteiger partial charge in [-0.05, 0) is 46.7 Å². The number of hydrogen-bond acceptors (Lipinski definition) is 4. The Kier molecular flexibility index (Phi) is 5.30. The standard InChI is InChI=1S/C11H16INO3/c1-15-10-5-7(3-8(13)6-14)4-9(12)11(10)16-2/h4-5,8,14H,3,6,13H2,1-2H3. The Labute approximate surface area is 109 Å². The van der Waals surface area contributed by atoms with E-state index in [0.717, 1.165) is 14.9 Å². The minimum atomic E-state index is -0.242. The summed E-state index contributed by atoms with van der Waals surface area (Å²) in [4.78, 5) is 0. The van der Waals surface area contributed by atoms with Crippen molar-refractivity contribution in [2.45, 2.75) is 12.5 Å². The number of aliphatic hydroxyl groups excluding tert-OH is 1. The Morgan fingerprint density at radius 1 is 1.38 bits per heavy atom. The molecule has 0 saturated carbocycles. The van der Waals surface area contributed by atoms with Crippen LogP contribution >= 0.6 is 22.6 Å². The van der Waals surface area contributed by atoms with Gasteiger partial charge in [0.2, 0.25) is 0 Å². The zero-order valence-electron chi connectivity index (χ0n) is 9.37. The predicted octanol–water partition coefficient (Wildman–Crippen LogP) is 1.17. The summed E-state index contributed by atoms with van der Waals surface area (Å²) in [5.74, 6) is 1.42. The average molecular weight is 337 g/mol. The lowest BCUT2D eigenvalue weighted by Crippen LogP contribution is -2.26. The van der Waals surface area contributed by atoms with Gasteiger partial charge in [0, 0.05) is 6.04 Å². The summed E-state index contributed by atoms with van der Waals surface area (Å²) in [6.07, 6.45) is 0.618. The Hall–Kier alpha value is -0.530. The molecule has 0 aliphatic rings. The Morgan fingerprint density at radius 3 is 2.56 bits per heavy atom. The molecule has 0 amide bonds. The second-order valence-corrected chi connectivity index (χ2v) is 4.62. The molecule has 0 aliphatic carbocycles. The second kappa shape index (κ2) is 6.27. The number of halogens is 1. The van der Waals surface area contributed by atoms with E-state index in [9.17, 15) is 0 Å². The van der Waals surface area contributed by atoms with Gasteiger partial charge < -0.3 is 20.3 Å². The van der Waals surface area contributed by atoms with Crippen molar-refractivity contribution in [1.29, 1.82) is 0 Å². The molecule has 3 N–H and O–H groups in total. The minimum Gasteiger partial charge on any atom is -0.493 e. The maximum atomic E-state index is 8.91. The van der Waals surface area contributed by atoms with Crippen LogP contribution in [0.5, 0.6) is 11.5 Å². The molecule has 1 unspecified atom stereocenters. The van der Waals surface area contributed by atoms with Gasteiger partial charge in [0.15, 0.2) is 11.5 Å². The number of methoxy groups -OCH3 is 2. The van der Waals surface area contributed by atoms with Gasteiger partial charge >= 0.3 is 0 Å². The average Bonchev–Trinajstić information content (AvgIpc) is 2.28. The van der Waals surface area contributed by atoms with Gasteiger partial charge in [-0.15, -0.1) is 0 Å². The lowest BCUT2D eigenvalue weighted by molar-refractivity contribution is 0.265. The fourth-order valence-corrected chi connectivity index (χ4v) is 2.34. The Balaban J connectivity index is 3.00. The van der Waals surface area contributed by atoms with E-state index in [1.54, 1.807) is 14.2 Å². The molecule has 16 heavy (non-hydrogen) atoms. The number of ether oxygens (including phenoxy) is 2. The summed E-state index contributed by atoms with van der Waals surface area (Å²) in [6.45, 7) is -0.0229. The highest BCUT2D eigenvalue weighted by Crippen LogP contribution is 2.33. The van der Waals surface area contributed by atoms with E-state index in [1.807, 2.05) is 12.1 Å².